The van der Waals surface area contributed by atoms with E-state index in [0.717, 1.165) is 31.7 Å². The van der Waals surface area contributed by atoms with Gasteiger partial charge in [0.1, 0.15) is 17.7 Å². The zero-order chi connectivity index (χ0) is 16.4. The molecule has 0 bridgehead atoms. The second kappa shape index (κ2) is 6.24. The molecule has 2 saturated heterocycles. The van der Waals surface area contributed by atoms with Crippen molar-refractivity contribution in [2.75, 3.05) is 37.7 Å². The molecule has 1 amide bonds. The van der Waals surface area contributed by atoms with Crippen LogP contribution in [-0.2, 0) is 4.74 Å². The molecule has 1 spiro atoms. The van der Waals surface area contributed by atoms with E-state index in [9.17, 15) is 4.79 Å². The molecule has 1 atom stereocenters. The van der Waals surface area contributed by atoms with Gasteiger partial charge in [-0.25, -0.2) is 4.98 Å². The van der Waals surface area contributed by atoms with Gasteiger partial charge in [-0.2, -0.15) is 0 Å². The van der Waals surface area contributed by atoms with Gasteiger partial charge in [-0.05, 0) is 18.9 Å². The first-order valence-electron chi connectivity index (χ1n) is 8.22. The minimum atomic E-state index is -0.340. The number of nitrogens with zero attached hydrogens (tertiary/aromatic N) is 4. The lowest BCUT2D eigenvalue weighted by Crippen LogP contribution is -2.61. The monoisotopic (exact) mass is 328 g/mol. The van der Waals surface area contributed by atoms with Crippen LogP contribution in [0.15, 0.2) is 41.6 Å². The lowest BCUT2D eigenvalue weighted by Gasteiger charge is -2.48. The molecule has 4 rings (SSSR count). The van der Waals surface area contributed by atoms with Gasteiger partial charge in [-0.1, -0.05) is 0 Å². The summed E-state index contributed by atoms with van der Waals surface area (Å²) in [5.41, 5.74) is 0.251. The van der Waals surface area contributed by atoms with E-state index in [2.05, 4.69) is 14.9 Å². The van der Waals surface area contributed by atoms with E-state index < -0.39 is 0 Å². The van der Waals surface area contributed by atoms with Crippen molar-refractivity contribution in [3.05, 3.63) is 42.7 Å². The van der Waals surface area contributed by atoms with E-state index in [4.69, 9.17) is 9.15 Å². The Bertz CT molecular complexity index is 687. The van der Waals surface area contributed by atoms with Gasteiger partial charge < -0.3 is 19.0 Å². The fourth-order valence-electron chi connectivity index (χ4n) is 3.58. The fraction of sp³-hybridized carbons (Fsp3) is 0.471. The highest BCUT2D eigenvalue weighted by Crippen LogP contribution is 2.31. The van der Waals surface area contributed by atoms with E-state index in [-0.39, 0.29) is 11.5 Å². The van der Waals surface area contributed by atoms with Gasteiger partial charge in [0.05, 0.1) is 37.7 Å². The Labute approximate surface area is 140 Å². The molecule has 0 N–H and O–H groups in total. The minimum absolute atomic E-state index is 0.00283. The Kier molecular flexibility index (Phi) is 3.93. The van der Waals surface area contributed by atoms with Crippen LogP contribution in [0.4, 0.5) is 5.82 Å². The van der Waals surface area contributed by atoms with Crippen molar-refractivity contribution in [1.29, 1.82) is 0 Å². The number of furan rings is 1. The van der Waals surface area contributed by atoms with Gasteiger partial charge in [0.25, 0.3) is 5.91 Å². The van der Waals surface area contributed by atoms with Crippen molar-refractivity contribution in [3.63, 3.8) is 0 Å². The first kappa shape index (κ1) is 15.1. The Balaban J connectivity index is 1.50. The number of piperidine rings is 1. The third-order valence-electron chi connectivity index (χ3n) is 4.72. The van der Waals surface area contributed by atoms with Gasteiger partial charge in [0.15, 0.2) is 0 Å². The Morgan fingerprint density at radius 1 is 1.25 bits per heavy atom. The van der Waals surface area contributed by atoms with Crippen molar-refractivity contribution in [3.8, 4) is 0 Å². The van der Waals surface area contributed by atoms with E-state index in [0.29, 0.717) is 25.3 Å². The largest absolute Gasteiger partial charge is 0.472 e. The van der Waals surface area contributed by atoms with Gasteiger partial charge in [0.2, 0.25) is 0 Å². The summed E-state index contributed by atoms with van der Waals surface area (Å²) in [5.74, 6) is 0.863. The standard InChI is InChI=1S/C17H20N4O3/c22-16(14-2-8-23-11-14)21-7-9-24-17(13-21)3-1-6-20(12-17)15-10-18-4-5-19-15/h2,4-5,8,10-11H,1,3,6-7,9,12-13H2/t17-/m1/s1. The first-order chi connectivity index (χ1) is 11.8. The van der Waals surface area contributed by atoms with Crippen LogP contribution in [0.2, 0.25) is 0 Å². The average molecular weight is 328 g/mol. The Morgan fingerprint density at radius 3 is 3.00 bits per heavy atom. The maximum atomic E-state index is 12.6. The van der Waals surface area contributed by atoms with E-state index in [1.807, 2.05) is 4.90 Å². The van der Waals surface area contributed by atoms with Gasteiger partial charge in [-0.15, -0.1) is 0 Å². The zero-order valence-electron chi connectivity index (χ0n) is 13.4. The second-order valence-corrected chi connectivity index (χ2v) is 6.36. The molecular weight excluding hydrogens is 308 g/mol. The number of hydrogen-bond acceptors (Lipinski definition) is 6. The zero-order valence-corrected chi connectivity index (χ0v) is 13.4. The molecule has 2 aliphatic rings. The number of carbonyl (C=O) groups excluding carboxylic acids is 1. The third kappa shape index (κ3) is 2.87. The molecule has 2 aliphatic heterocycles. The topological polar surface area (TPSA) is 71.7 Å². The molecule has 2 fully saturated rings. The molecule has 0 saturated carbocycles. The predicted octanol–water partition coefficient (Wildman–Crippen LogP) is 1.58. The lowest BCUT2D eigenvalue weighted by molar-refractivity contribution is -0.105. The van der Waals surface area contributed by atoms with Crippen LogP contribution in [0.1, 0.15) is 23.2 Å². The van der Waals surface area contributed by atoms with Gasteiger partial charge in [0, 0.05) is 25.5 Å². The quantitative estimate of drug-likeness (QED) is 0.833. The Morgan fingerprint density at radius 2 is 2.21 bits per heavy atom. The highest BCUT2D eigenvalue weighted by Gasteiger charge is 2.42. The molecule has 7 nitrogen and oxygen atoms in total. The SMILES string of the molecule is O=C(c1ccoc1)N1CCO[C@@]2(CCCN(c3cnccn3)C2)C1. The van der Waals surface area contributed by atoms with E-state index in [1.54, 1.807) is 24.7 Å². The van der Waals surface area contributed by atoms with E-state index >= 15 is 0 Å². The molecule has 0 radical (unpaired) electrons. The lowest BCUT2D eigenvalue weighted by atomic mass is 9.90. The molecule has 4 heterocycles. The molecule has 2 aromatic heterocycles. The molecule has 24 heavy (non-hydrogen) atoms. The van der Waals surface area contributed by atoms with Crippen molar-refractivity contribution < 1.29 is 13.9 Å². The summed E-state index contributed by atoms with van der Waals surface area (Å²) in [6.45, 7) is 3.41. The normalized spacial score (nSPS) is 24.3. The molecular formula is C17H20N4O3. The molecule has 0 aromatic carbocycles. The maximum Gasteiger partial charge on any atom is 0.257 e. The summed E-state index contributed by atoms with van der Waals surface area (Å²) < 4.78 is 11.2. The number of aromatic nitrogens is 2. The van der Waals surface area contributed by atoms with Crippen LogP contribution in [0.25, 0.3) is 0 Å². The number of ether oxygens (including phenoxy) is 1. The molecule has 0 unspecified atom stereocenters. The molecule has 126 valence electrons. The highest BCUT2D eigenvalue weighted by molar-refractivity contribution is 5.93. The van der Waals surface area contributed by atoms with Crippen LogP contribution in [0.3, 0.4) is 0 Å². The van der Waals surface area contributed by atoms with Crippen molar-refractivity contribution >= 4 is 11.7 Å². The van der Waals surface area contributed by atoms with Crippen molar-refractivity contribution in [2.24, 2.45) is 0 Å². The van der Waals surface area contributed by atoms with Gasteiger partial charge in [-0.3, -0.25) is 9.78 Å². The summed E-state index contributed by atoms with van der Waals surface area (Å²) in [6.07, 6.45) is 10.1. The van der Waals surface area contributed by atoms with E-state index in [1.165, 1.54) is 12.5 Å². The van der Waals surface area contributed by atoms with Crippen LogP contribution >= 0.6 is 0 Å². The van der Waals surface area contributed by atoms with Crippen molar-refractivity contribution in [2.45, 2.75) is 18.4 Å². The van der Waals surface area contributed by atoms with Gasteiger partial charge >= 0.3 is 0 Å². The number of rotatable bonds is 2. The van der Waals surface area contributed by atoms with Crippen LogP contribution in [0, 0.1) is 0 Å². The number of amides is 1. The number of hydrogen-bond donors (Lipinski definition) is 0. The smallest absolute Gasteiger partial charge is 0.257 e. The average Bonchev–Trinajstić information content (AvgIpc) is 3.17. The van der Waals surface area contributed by atoms with Crippen LogP contribution in [-0.4, -0.2) is 59.2 Å². The summed E-state index contributed by atoms with van der Waals surface area (Å²) in [6, 6.07) is 1.71. The summed E-state index contributed by atoms with van der Waals surface area (Å²) >= 11 is 0. The third-order valence-corrected chi connectivity index (χ3v) is 4.72. The Hall–Kier alpha value is -2.41. The van der Waals surface area contributed by atoms with Crippen molar-refractivity contribution in [1.82, 2.24) is 14.9 Å². The van der Waals surface area contributed by atoms with Crippen LogP contribution < -0.4 is 4.90 Å². The first-order valence-corrected chi connectivity index (χ1v) is 8.22. The number of carbonyl (C=O) groups is 1. The maximum absolute atomic E-state index is 12.6. The summed E-state index contributed by atoms with van der Waals surface area (Å²) in [5, 5.41) is 0. The predicted molar refractivity (Wildman–Crippen MR) is 86.8 cm³/mol. The summed E-state index contributed by atoms with van der Waals surface area (Å²) in [4.78, 5) is 25.2. The summed E-state index contributed by atoms with van der Waals surface area (Å²) in [7, 11) is 0. The molecule has 2 aromatic rings. The number of anilines is 1. The van der Waals surface area contributed by atoms with Crippen LogP contribution in [0.5, 0.6) is 0 Å². The fourth-order valence-corrected chi connectivity index (χ4v) is 3.58. The minimum Gasteiger partial charge on any atom is -0.472 e. The number of morpholine rings is 1. The highest BCUT2D eigenvalue weighted by atomic mass is 16.5. The molecule has 7 heteroatoms. The molecule has 0 aliphatic carbocycles. The second-order valence-electron chi connectivity index (χ2n) is 6.36.